The highest BCUT2D eigenvalue weighted by Crippen LogP contribution is 2.31. The molecule has 0 bridgehead atoms. The van der Waals surface area contributed by atoms with Crippen LogP contribution in [0.15, 0.2) is 33.3 Å². The van der Waals surface area contributed by atoms with Gasteiger partial charge in [-0.3, -0.25) is 0 Å². The summed E-state index contributed by atoms with van der Waals surface area (Å²) in [5, 5.41) is 10.1. The average molecular weight is 650 g/mol. The van der Waals surface area contributed by atoms with Gasteiger partial charge in [0.15, 0.2) is 0 Å². The topological polar surface area (TPSA) is 63.2 Å². The van der Waals surface area contributed by atoms with E-state index in [0.717, 1.165) is 73.0 Å². The standard InChI is InChI=1S/C9H14O.C7H11NO.C5H10.C4H10N2.C4H8.3C4H10/c1-7-5-6-8(10-7)9(2,3)4;1-7(2,3)6-4-5-8-9-6;1-2-5-3-4-5;1-2-6-4-3-5-1;1-4-2-3-4;3*1-4(2)3/h5-6H,1-4H3;4-5H,1-3H3;5H,2-4H2,1H3;5-6H,1-4H2;4H,2-3H2,1H3;3*4H,1-3H3. The fourth-order valence-electron chi connectivity index (χ4n) is 2.74. The second kappa shape index (κ2) is 28.4. The minimum absolute atomic E-state index is 0.0938. The zero-order valence-corrected chi connectivity index (χ0v) is 34.3. The van der Waals surface area contributed by atoms with Gasteiger partial charge in [-0.25, -0.2) is 0 Å². The third-order valence-corrected chi connectivity index (χ3v) is 5.75. The van der Waals surface area contributed by atoms with Crippen LogP contribution in [0.4, 0.5) is 0 Å². The van der Waals surface area contributed by atoms with E-state index in [-0.39, 0.29) is 10.8 Å². The summed E-state index contributed by atoms with van der Waals surface area (Å²) in [5.41, 5.74) is 0.241. The van der Waals surface area contributed by atoms with Crippen LogP contribution in [0.3, 0.4) is 0 Å². The summed E-state index contributed by atoms with van der Waals surface area (Å²) in [6.07, 6.45) is 9.08. The molecule has 0 radical (unpaired) electrons. The first-order chi connectivity index (χ1) is 21.1. The summed E-state index contributed by atoms with van der Waals surface area (Å²) in [7, 11) is 0. The maximum absolute atomic E-state index is 5.45. The first-order valence-corrected chi connectivity index (χ1v) is 18.5. The Balaban J connectivity index is -0.000000474. The van der Waals surface area contributed by atoms with Gasteiger partial charge in [-0.1, -0.05) is 155 Å². The number of hydrogen-bond donors (Lipinski definition) is 2. The van der Waals surface area contributed by atoms with Crippen molar-refractivity contribution >= 4 is 0 Å². The Morgan fingerprint density at radius 1 is 0.674 bits per heavy atom. The summed E-state index contributed by atoms with van der Waals surface area (Å²) in [6, 6.07) is 5.93. The number of hydrogen-bond acceptors (Lipinski definition) is 5. The molecule has 0 atom stereocenters. The summed E-state index contributed by atoms with van der Waals surface area (Å²) >= 11 is 0. The Labute approximate surface area is 289 Å². The maximum atomic E-state index is 5.45. The lowest BCUT2D eigenvalue weighted by Crippen LogP contribution is -2.39. The van der Waals surface area contributed by atoms with Crippen molar-refractivity contribution in [1.29, 1.82) is 0 Å². The zero-order chi connectivity index (χ0) is 36.3. The van der Waals surface area contributed by atoms with Crippen molar-refractivity contribution in [3.63, 3.8) is 0 Å². The van der Waals surface area contributed by atoms with Gasteiger partial charge in [-0.2, -0.15) is 0 Å². The van der Waals surface area contributed by atoms with Gasteiger partial charge in [0.05, 0.1) is 6.20 Å². The van der Waals surface area contributed by atoms with E-state index < -0.39 is 0 Å². The highest BCUT2D eigenvalue weighted by atomic mass is 16.5. The van der Waals surface area contributed by atoms with Crippen molar-refractivity contribution in [2.45, 2.75) is 168 Å². The third kappa shape index (κ3) is 44.5. The largest absolute Gasteiger partial charge is 0.466 e. The number of nitrogens with one attached hydrogen (secondary N) is 2. The molecule has 3 aliphatic rings. The smallest absolute Gasteiger partial charge is 0.142 e. The number of aryl methyl sites for hydroxylation is 1. The number of nitrogens with zero attached hydrogens (tertiary/aromatic N) is 1. The van der Waals surface area contributed by atoms with Gasteiger partial charge < -0.3 is 19.6 Å². The van der Waals surface area contributed by atoms with Crippen LogP contribution in [-0.4, -0.2) is 31.3 Å². The van der Waals surface area contributed by atoms with Crippen LogP contribution in [0.2, 0.25) is 0 Å². The molecule has 1 saturated heterocycles. The van der Waals surface area contributed by atoms with Gasteiger partial charge in [0.2, 0.25) is 0 Å². The first-order valence-electron chi connectivity index (χ1n) is 18.5. The number of piperazine rings is 1. The van der Waals surface area contributed by atoms with E-state index in [4.69, 9.17) is 8.94 Å². The third-order valence-electron chi connectivity index (χ3n) is 5.75. The normalized spacial score (nSPS) is 15.2. The Morgan fingerprint density at radius 3 is 1.15 bits per heavy atom. The summed E-state index contributed by atoms with van der Waals surface area (Å²) in [5.74, 6) is 7.70. The minimum Gasteiger partial charge on any atom is -0.466 e. The maximum Gasteiger partial charge on any atom is 0.142 e. The lowest BCUT2D eigenvalue weighted by atomic mass is 9.94. The van der Waals surface area contributed by atoms with Crippen molar-refractivity contribution in [3.05, 3.63) is 41.7 Å². The summed E-state index contributed by atoms with van der Waals surface area (Å²) in [4.78, 5) is 0. The van der Waals surface area contributed by atoms with Crippen LogP contribution in [0, 0.1) is 36.5 Å². The van der Waals surface area contributed by atoms with E-state index in [2.05, 4.69) is 133 Å². The molecule has 0 amide bonds. The van der Waals surface area contributed by atoms with E-state index in [0.29, 0.717) is 0 Å². The predicted molar refractivity (Wildman–Crippen MR) is 206 cm³/mol. The molecule has 274 valence electrons. The van der Waals surface area contributed by atoms with E-state index in [1.807, 2.05) is 25.1 Å². The van der Waals surface area contributed by atoms with Crippen molar-refractivity contribution in [2.24, 2.45) is 29.6 Å². The SMILES string of the molecule is C1CNCCN1.CC(C)(C)c1ccno1.CC(C)C.CC(C)C.CC(C)C.CC1CC1.CCC1CC1.Cc1ccc(C(C)(C)C)o1. The fourth-order valence-corrected chi connectivity index (χ4v) is 2.74. The second-order valence-electron chi connectivity index (χ2n) is 17.0. The summed E-state index contributed by atoms with van der Waals surface area (Å²) < 4.78 is 10.4. The van der Waals surface area contributed by atoms with Crippen LogP contribution in [-0.2, 0) is 10.8 Å². The van der Waals surface area contributed by atoms with Gasteiger partial charge in [-0.15, -0.1) is 0 Å². The summed E-state index contributed by atoms with van der Waals surface area (Å²) in [6.45, 7) is 43.3. The number of furan rings is 1. The number of rotatable bonds is 1. The van der Waals surface area contributed by atoms with Gasteiger partial charge in [0.25, 0.3) is 0 Å². The molecule has 5 rings (SSSR count). The molecule has 3 fully saturated rings. The molecule has 1 aliphatic heterocycles. The molecule has 2 aromatic heterocycles. The van der Waals surface area contributed by atoms with Crippen LogP contribution < -0.4 is 10.6 Å². The lowest BCUT2D eigenvalue weighted by Gasteiger charge is -2.13. The van der Waals surface area contributed by atoms with Crippen LogP contribution in [0.1, 0.15) is 167 Å². The van der Waals surface area contributed by atoms with E-state index in [1.54, 1.807) is 6.20 Å². The van der Waals surface area contributed by atoms with Crippen molar-refractivity contribution in [3.8, 4) is 0 Å². The molecule has 2 aromatic rings. The molecule has 2 N–H and O–H groups in total. The predicted octanol–water partition coefficient (Wildman–Crippen LogP) is 12.2. The Bertz CT molecular complexity index is 824. The molecule has 46 heavy (non-hydrogen) atoms. The molecular weight excluding hydrogens is 566 g/mol. The molecule has 2 saturated carbocycles. The van der Waals surface area contributed by atoms with E-state index in [9.17, 15) is 0 Å². The molecule has 2 aliphatic carbocycles. The molecule has 5 heteroatoms. The highest BCUT2D eigenvalue weighted by molar-refractivity contribution is 5.13. The van der Waals surface area contributed by atoms with Gasteiger partial charge in [-0.05, 0) is 48.6 Å². The molecule has 0 aromatic carbocycles. The molecule has 0 spiro atoms. The number of aromatic nitrogens is 1. The van der Waals surface area contributed by atoms with Crippen LogP contribution in [0.25, 0.3) is 0 Å². The van der Waals surface area contributed by atoms with Crippen LogP contribution in [0.5, 0.6) is 0 Å². The van der Waals surface area contributed by atoms with Crippen molar-refractivity contribution < 1.29 is 8.94 Å². The average Bonchev–Trinajstić information content (AvgIpc) is 3.80. The second-order valence-corrected chi connectivity index (χ2v) is 17.0. The van der Waals surface area contributed by atoms with E-state index in [1.165, 1.54) is 32.1 Å². The molecular formula is C41H83N3O2. The van der Waals surface area contributed by atoms with Crippen molar-refractivity contribution in [1.82, 2.24) is 15.8 Å². The zero-order valence-electron chi connectivity index (χ0n) is 34.3. The minimum atomic E-state index is 0.0938. The Kier molecular flexibility index (Phi) is 30.2. The van der Waals surface area contributed by atoms with Gasteiger partial charge in [0, 0.05) is 43.1 Å². The Morgan fingerprint density at radius 2 is 1.04 bits per heavy atom. The van der Waals surface area contributed by atoms with Gasteiger partial charge >= 0.3 is 0 Å². The van der Waals surface area contributed by atoms with Gasteiger partial charge in [0.1, 0.15) is 17.3 Å². The lowest BCUT2D eigenvalue weighted by molar-refractivity contribution is 0.329. The Hall–Kier alpha value is -1.59. The van der Waals surface area contributed by atoms with Crippen molar-refractivity contribution in [2.75, 3.05) is 26.2 Å². The fraction of sp³-hybridized carbons (Fsp3) is 0.829. The highest BCUT2D eigenvalue weighted by Gasteiger charge is 2.18. The molecule has 0 unspecified atom stereocenters. The molecule has 3 heterocycles. The monoisotopic (exact) mass is 650 g/mol. The van der Waals surface area contributed by atoms with Crippen LogP contribution >= 0.6 is 0 Å². The molecule has 5 nitrogen and oxygen atoms in total. The quantitative estimate of drug-likeness (QED) is 0.322. The van der Waals surface area contributed by atoms with E-state index >= 15 is 0 Å². The first kappa shape index (κ1) is 48.8.